The summed E-state index contributed by atoms with van der Waals surface area (Å²) in [6.45, 7) is 2.46. The number of ether oxygens (including phenoxy) is 1. The largest absolute Gasteiger partial charge is 0.493 e. The van der Waals surface area contributed by atoms with Gasteiger partial charge in [-0.2, -0.15) is 4.98 Å². The summed E-state index contributed by atoms with van der Waals surface area (Å²) in [5.41, 5.74) is 1.41. The number of hydrogen-bond acceptors (Lipinski definition) is 8. The van der Waals surface area contributed by atoms with Crippen LogP contribution in [0.1, 0.15) is 12.8 Å². The first-order chi connectivity index (χ1) is 13.7. The van der Waals surface area contributed by atoms with E-state index < -0.39 is 0 Å². The fraction of sp³-hybridized carbons (Fsp3) is 0.158. The second kappa shape index (κ2) is 8.22. The molecule has 0 aliphatic rings. The van der Waals surface area contributed by atoms with Crippen LogP contribution in [0.15, 0.2) is 62.7 Å². The molecule has 2 aromatic carbocycles. The summed E-state index contributed by atoms with van der Waals surface area (Å²) < 4.78 is 29.5. The molecule has 0 N–H and O–H groups in total. The van der Waals surface area contributed by atoms with Crippen molar-refractivity contribution in [3.05, 3.63) is 60.2 Å². The molecule has 0 saturated heterocycles. The van der Waals surface area contributed by atoms with Crippen LogP contribution in [0.2, 0.25) is 0 Å². The summed E-state index contributed by atoms with van der Waals surface area (Å²) in [7, 11) is 0. The van der Waals surface area contributed by atoms with Gasteiger partial charge in [0.1, 0.15) is 11.6 Å². The molecule has 4 aromatic rings. The zero-order valence-electron chi connectivity index (χ0n) is 14.8. The molecule has 0 saturated carbocycles. The quantitative estimate of drug-likeness (QED) is 0.417. The zero-order valence-corrected chi connectivity index (χ0v) is 15.6. The van der Waals surface area contributed by atoms with Crippen LogP contribution < -0.4 is 4.74 Å². The first kappa shape index (κ1) is 18.2. The summed E-state index contributed by atoms with van der Waals surface area (Å²) in [4.78, 5) is 4.30. The van der Waals surface area contributed by atoms with Crippen LogP contribution >= 0.6 is 11.8 Å². The number of halogens is 1. The van der Waals surface area contributed by atoms with Gasteiger partial charge < -0.3 is 13.7 Å². The predicted octanol–water partition coefficient (Wildman–Crippen LogP) is 4.62. The fourth-order valence-corrected chi connectivity index (χ4v) is 3.06. The minimum atomic E-state index is -0.318. The lowest BCUT2D eigenvalue weighted by molar-refractivity contribution is 0.340. The second-order valence-electron chi connectivity index (χ2n) is 5.61. The fourth-order valence-electron chi connectivity index (χ4n) is 2.45. The number of hydrogen-bond donors (Lipinski definition) is 0. The van der Waals surface area contributed by atoms with E-state index in [2.05, 4.69) is 20.3 Å². The highest BCUT2D eigenvalue weighted by Crippen LogP contribution is 2.31. The smallest absolute Gasteiger partial charge is 0.277 e. The van der Waals surface area contributed by atoms with Gasteiger partial charge in [0, 0.05) is 5.56 Å². The summed E-state index contributed by atoms with van der Waals surface area (Å²) in [5.74, 6) is 1.91. The SMILES string of the molecule is CCOc1ccccc1-c1nnc(SCc2nc(-c3ccc(F)cc3)no2)o1. The van der Waals surface area contributed by atoms with E-state index in [0.29, 0.717) is 46.5 Å². The summed E-state index contributed by atoms with van der Waals surface area (Å²) in [5, 5.41) is 12.4. The molecule has 28 heavy (non-hydrogen) atoms. The van der Waals surface area contributed by atoms with E-state index in [1.54, 1.807) is 12.1 Å². The molecule has 0 aliphatic carbocycles. The van der Waals surface area contributed by atoms with Gasteiger partial charge in [0.25, 0.3) is 11.1 Å². The average Bonchev–Trinajstić information content (AvgIpc) is 3.37. The Balaban J connectivity index is 1.44. The van der Waals surface area contributed by atoms with Gasteiger partial charge in [0.15, 0.2) is 0 Å². The van der Waals surface area contributed by atoms with E-state index in [0.717, 1.165) is 5.56 Å². The number of rotatable bonds is 7. The first-order valence-corrected chi connectivity index (χ1v) is 9.48. The number of aromatic nitrogens is 4. The Hall–Kier alpha value is -3.20. The van der Waals surface area contributed by atoms with E-state index in [-0.39, 0.29) is 5.82 Å². The molecule has 0 fully saturated rings. The van der Waals surface area contributed by atoms with Crippen molar-refractivity contribution in [1.82, 2.24) is 20.3 Å². The van der Waals surface area contributed by atoms with Gasteiger partial charge in [-0.05, 0) is 43.3 Å². The van der Waals surface area contributed by atoms with Crippen LogP contribution in [-0.4, -0.2) is 26.9 Å². The molecule has 142 valence electrons. The van der Waals surface area contributed by atoms with Crippen molar-refractivity contribution in [2.24, 2.45) is 0 Å². The monoisotopic (exact) mass is 398 g/mol. The Morgan fingerprint density at radius 1 is 1.07 bits per heavy atom. The average molecular weight is 398 g/mol. The zero-order chi connectivity index (χ0) is 19.3. The van der Waals surface area contributed by atoms with Gasteiger partial charge >= 0.3 is 0 Å². The minimum absolute atomic E-state index is 0.318. The van der Waals surface area contributed by atoms with Crippen LogP contribution in [0, 0.1) is 5.82 Å². The number of para-hydroxylation sites is 1. The molecule has 0 aliphatic heterocycles. The highest BCUT2D eigenvalue weighted by molar-refractivity contribution is 7.98. The lowest BCUT2D eigenvalue weighted by Gasteiger charge is -2.05. The molecule has 0 bridgehead atoms. The van der Waals surface area contributed by atoms with E-state index in [1.165, 1.54) is 23.9 Å². The van der Waals surface area contributed by atoms with Gasteiger partial charge in [-0.1, -0.05) is 29.1 Å². The molecule has 2 aromatic heterocycles. The van der Waals surface area contributed by atoms with Crippen LogP contribution in [0.3, 0.4) is 0 Å². The van der Waals surface area contributed by atoms with E-state index in [1.807, 2.05) is 31.2 Å². The van der Waals surface area contributed by atoms with Crippen LogP contribution in [0.5, 0.6) is 5.75 Å². The standard InChI is InChI=1S/C19H15FN4O3S/c1-2-25-15-6-4-3-5-14(15)18-22-23-19(26-18)28-11-16-21-17(24-27-16)12-7-9-13(20)10-8-12/h3-10H,2,11H2,1H3. The Morgan fingerprint density at radius 2 is 1.89 bits per heavy atom. The maximum Gasteiger partial charge on any atom is 0.277 e. The molecule has 4 rings (SSSR count). The Labute approximate surface area is 163 Å². The van der Waals surface area contributed by atoms with Crippen molar-refractivity contribution in [2.75, 3.05) is 6.61 Å². The molecule has 0 unspecified atom stereocenters. The topological polar surface area (TPSA) is 87.1 Å². The molecule has 0 amide bonds. The molecule has 0 radical (unpaired) electrons. The third-order valence-corrected chi connectivity index (χ3v) is 4.52. The van der Waals surface area contributed by atoms with Crippen molar-refractivity contribution in [2.45, 2.75) is 17.9 Å². The summed E-state index contributed by atoms with van der Waals surface area (Å²) in [6.07, 6.45) is 0. The van der Waals surface area contributed by atoms with Crippen LogP contribution in [0.25, 0.3) is 22.8 Å². The van der Waals surface area contributed by atoms with E-state index in [9.17, 15) is 4.39 Å². The molecular formula is C19H15FN4O3S. The van der Waals surface area contributed by atoms with Crippen molar-refractivity contribution < 1.29 is 18.1 Å². The van der Waals surface area contributed by atoms with Crippen molar-refractivity contribution in [3.63, 3.8) is 0 Å². The normalized spacial score (nSPS) is 10.9. The maximum absolute atomic E-state index is 13.0. The van der Waals surface area contributed by atoms with Crippen molar-refractivity contribution >= 4 is 11.8 Å². The Bertz CT molecular complexity index is 1060. The summed E-state index contributed by atoms with van der Waals surface area (Å²) in [6, 6.07) is 13.4. The first-order valence-electron chi connectivity index (χ1n) is 8.50. The van der Waals surface area contributed by atoms with Gasteiger partial charge in [-0.25, -0.2) is 4.39 Å². The number of thioether (sulfide) groups is 1. The van der Waals surface area contributed by atoms with Gasteiger partial charge in [-0.3, -0.25) is 0 Å². The third-order valence-electron chi connectivity index (χ3n) is 3.71. The van der Waals surface area contributed by atoms with Crippen molar-refractivity contribution in [3.8, 4) is 28.6 Å². The van der Waals surface area contributed by atoms with Gasteiger partial charge in [0.05, 0.1) is 17.9 Å². The van der Waals surface area contributed by atoms with E-state index in [4.69, 9.17) is 13.7 Å². The molecule has 9 heteroatoms. The van der Waals surface area contributed by atoms with Gasteiger partial charge in [0.2, 0.25) is 11.7 Å². The molecular weight excluding hydrogens is 383 g/mol. The molecule has 0 spiro atoms. The van der Waals surface area contributed by atoms with Crippen LogP contribution in [0.4, 0.5) is 4.39 Å². The van der Waals surface area contributed by atoms with E-state index >= 15 is 0 Å². The lowest BCUT2D eigenvalue weighted by atomic mass is 10.2. The molecule has 2 heterocycles. The third kappa shape index (κ3) is 4.04. The maximum atomic E-state index is 13.0. The Kier molecular flexibility index (Phi) is 5.34. The second-order valence-corrected chi connectivity index (χ2v) is 6.54. The Morgan fingerprint density at radius 3 is 2.71 bits per heavy atom. The predicted molar refractivity (Wildman–Crippen MR) is 100 cm³/mol. The number of benzene rings is 2. The highest BCUT2D eigenvalue weighted by Gasteiger charge is 2.15. The van der Waals surface area contributed by atoms with Crippen LogP contribution in [-0.2, 0) is 5.75 Å². The van der Waals surface area contributed by atoms with Gasteiger partial charge in [-0.15, -0.1) is 10.2 Å². The lowest BCUT2D eigenvalue weighted by Crippen LogP contribution is -1.93. The highest BCUT2D eigenvalue weighted by atomic mass is 32.2. The minimum Gasteiger partial charge on any atom is -0.493 e. The summed E-state index contributed by atoms with van der Waals surface area (Å²) >= 11 is 1.28. The molecule has 0 atom stereocenters. The molecule has 7 nitrogen and oxygen atoms in total. The van der Waals surface area contributed by atoms with Crippen molar-refractivity contribution in [1.29, 1.82) is 0 Å². The number of nitrogens with zero attached hydrogens (tertiary/aromatic N) is 4.